The zero-order valence-corrected chi connectivity index (χ0v) is 23.9. The molecule has 1 aliphatic rings. The smallest absolute Gasteiger partial charge is 0.335 e. The Morgan fingerprint density at radius 1 is 0.860 bits per heavy atom. The summed E-state index contributed by atoms with van der Waals surface area (Å²) in [6.07, 6.45) is 1.32. The van der Waals surface area contributed by atoms with Crippen molar-refractivity contribution in [1.82, 2.24) is 5.32 Å². The van der Waals surface area contributed by atoms with Crippen LogP contribution in [0.3, 0.4) is 0 Å². The minimum Gasteiger partial charge on any atom is -0.489 e. The fourth-order valence-corrected chi connectivity index (χ4v) is 4.46. The highest BCUT2D eigenvalue weighted by Crippen LogP contribution is 2.28. The number of nitrogens with one attached hydrogen (secondary N) is 2. The highest BCUT2D eigenvalue weighted by Gasteiger charge is 2.36. The molecule has 1 heterocycles. The molecule has 0 aromatic heterocycles. The number of amides is 5. The Kier molecular flexibility index (Phi) is 9.05. The molecule has 4 aromatic rings. The quantitative estimate of drug-likeness (QED) is 0.170. The summed E-state index contributed by atoms with van der Waals surface area (Å²) in [6.45, 7) is 0.0462. The van der Waals surface area contributed by atoms with Crippen LogP contribution in [0.5, 0.6) is 11.5 Å². The molecular formula is C32H23Cl2N3O6. The molecule has 216 valence electrons. The van der Waals surface area contributed by atoms with E-state index in [1.807, 2.05) is 30.3 Å². The molecule has 5 rings (SSSR count). The lowest BCUT2D eigenvalue weighted by molar-refractivity contribution is -0.122. The highest BCUT2D eigenvalue weighted by molar-refractivity contribution is 6.39. The fraction of sp³-hybridized carbons (Fsp3) is 0.0625. The first kappa shape index (κ1) is 29.4. The number of carbonyl (C=O) groups excluding carboxylic acids is 4. The van der Waals surface area contributed by atoms with Gasteiger partial charge in [-0.25, -0.2) is 9.69 Å². The molecule has 43 heavy (non-hydrogen) atoms. The molecule has 0 saturated carbocycles. The van der Waals surface area contributed by atoms with Crippen molar-refractivity contribution in [2.24, 2.45) is 0 Å². The summed E-state index contributed by atoms with van der Waals surface area (Å²) >= 11 is 12.2. The van der Waals surface area contributed by atoms with E-state index >= 15 is 0 Å². The van der Waals surface area contributed by atoms with Crippen molar-refractivity contribution in [3.8, 4) is 11.5 Å². The van der Waals surface area contributed by atoms with Crippen LogP contribution in [-0.4, -0.2) is 30.4 Å². The van der Waals surface area contributed by atoms with Crippen molar-refractivity contribution in [2.45, 2.75) is 6.61 Å². The largest absolute Gasteiger partial charge is 0.489 e. The second-order valence-corrected chi connectivity index (χ2v) is 10.1. The van der Waals surface area contributed by atoms with Crippen LogP contribution in [0.2, 0.25) is 10.0 Å². The fourth-order valence-electron chi connectivity index (χ4n) is 4.09. The van der Waals surface area contributed by atoms with E-state index in [4.69, 9.17) is 32.7 Å². The monoisotopic (exact) mass is 615 g/mol. The Morgan fingerprint density at radius 3 is 2.28 bits per heavy atom. The summed E-state index contributed by atoms with van der Waals surface area (Å²) in [4.78, 5) is 51.6. The molecule has 0 radical (unpaired) electrons. The Labute approximate surface area is 256 Å². The topological polar surface area (TPSA) is 114 Å². The van der Waals surface area contributed by atoms with Crippen LogP contribution >= 0.6 is 23.2 Å². The number of halogens is 2. The molecule has 4 aromatic carbocycles. The molecule has 0 atom stereocenters. The maximum absolute atomic E-state index is 13.3. The molecule has 0 spiro atoms. The van der Waals surface area contributed by atoms with Gasteiger partial charge in [-0.05, 0) is 77.9 Å². The van der Waals surface area contributed by atoms with Gasteiger partial charge in [0, 0.05) is 10.7 Å². The lowest BCUT2D eigenvalue weighted by atomic mass is 10.1. The van der Waals surface area contributed by atoms with E-state index in [2.05, 4.69) is 10.6 Å². The predicted octanol–water partition coefficient (Wildman–Crippen LogP) is 6.26. The first-order valence-corrected chi connectivity index (χ1v) is 13.7. The first-order chi connectivity index (χ1) is 20.8. The van der Waals surface area contributed by atoms with Crippen molar-refractivity contribution in [2.75, 3.05) is 16.8 Å². The van der Waals surface area contributed by atoms with E-state index in [1.54, 1.807) is 54.6 Å². The van der Waals surface area contributed by atoms with Crippen LogP contribution in [0.15, 0.2) is 103 Å². The lowest BCUT2D eigenvalue weighted by Gasteiger charge is -2.26. The summed E-state index contributed by atoms with van der Waals surface area (Å²) in [7, 11) is 0. The molecule has 2 N–H and O–H groups in total. The summed E-state index contributed by atoms with van der Waals surface area (Å²) in [5.41, 5.74) is 1.94. The summed E-state index contributed by atoms with van der Waals surface area (Å²) < 4.78 is 11.3. The zero-order valence-electron chi connectivity index (χ0n) is 22.4. The Morgan fingerprint density at radius 2 is 1.58 bits per heavy atom. The molecule has 0 bridgehead atoms. The van der Waals surface area contributed by atoms with Gasteiger partial charge in [0.1, 0.15) is 23.7 Å². The van der Waals surface area contributed by atoms with Gasteiger partial charge in [-0.2, -0.15) is 0 Å². The maximum Gasteiger partial charge on any atom is 0.335 e. The van der Waals surface area contributed by atoms with Crippen LogP contribution in [0.1, 0.15) is 11.1 Å². The molecule has 0 unspecified atom stereocenters. The first-order valence-electron chi connectivity index (χ1n) is 12.9. The highest BCUT2D eigenvalue weighted by atomic mass is 35.5. The second-order valence-electron chi connectivity index (χ2n) is 9.26. The minimum atomic E-state index is -0.872. The van der Waals surface area contributed by atoms with Crippen molar-refractivity contribution in [3.63, 3.8) is 0 Å². The number of urea groups is 1. The Hall–Kier alpha value is -5.12. The predicted molar refractivity (Wildman–Crippen MR) is 163 cm³/mol. The van der Waals surface area contributed by atoms with Gasteiger partial charge in [0.15, 0.2) is 6.61 Å². The molecule has 1 fully saturated rings. The third kappa shape index (κ3) is 7.40. The van der Waals surface area contributed by atoms with E-state index in [0.29, 0.717) is 28.6 Å². The number of carbonyl (C=O) groups is 4. The van der Waals surface area contributed by atoms with Crippen LogP contribution in [0, 0.1) is 0 Å². The molecule has 5 amide bonds. The van der Waals surface area contributed by atoms with Gasteiger partial charge < -0.3 is 14.8 Å². The van der Waals surface area contributed by atoms with Crippen LogP contribution in [0.25, 0.3) is 6.08 Å². The molecule has 9 nitrogen and oxygen atoms in total. The molecule has 1 aliphatic heterocycles. The number of anilines is 2. The van der Waals surface area contributed by atoms with Gasteiger partial charge >= 0.3 is 6.03 Å². The Bertz CT molecular complexity index is 1710. The molecule has 0 aliphatic carbocycles. The SMILES string of the molecule is O=C(COc1ccc(/C=C2\C(=O)NC(=O)N(c3ccc(OCc4ccccc4)cc3)C2=O)cc1Cl)Nc1ccc(Cl)cc1. The van der Waals surface area contributed by atoms with Crippen molar-refractivity contribution in [3.05, 3.63) is 124 Å². The van der Waals surface area contributed by atoms with Gasteiger partial charge in [0.05, 0.1) is 10.7 Å². The van der Waals surface area contributed by atoms with Crippen molar-refractivity contribution < 1.29 is 28.7 Å². The number of hydrogen-bond acceptors (Lipinski definition) is 6. The summed E-state index contributed by atoms with van der Waals surface area (Å²) in [5, 5.41) is 5.56. The number of ether oxygens (including phenoxy) is 2. The van der Waals surface area contributed by atoms with Gasteiger partial charge in [-0.3, -0.25) is 19.7 Å². The average Bonchev–Trinajstić information content (AvgIpc) is 3.00. The number of nitrogens with zero attached hydrogens (tertiary/aromatic N) is 1. The molecule has 1 saturated heterocycles. The van der Waals surface area contributed by atoms with Gasteiger partial charge in [0.2, 0.25) is 0 Å². The van der Waals surface area contributed by atoms with E-state index in [-0.39, 0.29) is 28.6 Å². The third-order valence-corrected chi connectivity index (χ3v) is 6.75. The van der Waals surface area contributed by atoms with Crippen LogP contribution in [-0.2, 0) is 21.0 Å². The van der Waals surface area contributed by atoms with Crippen molar-refractivity contribution in [1.29, 1.82) is 0 Å². The number of barbiturate groups is 1. The van der Waals surface area contributed by atoms with Gasteiger partial charge in [-0.1, -0.05) is 59.6 Å². The Balaban J connectivity index is 1.24. The average molecular weight is 616 g/mol. The third-order valence-electron chi connectivity index (χ3n) is 6.20. The van der Waals surface area contributed by atoms with Gasteiger partial charge in [0.25, 0.3) is 17.7 Å². The normalized spacial score (nSPS) is 14.0. The number of imide groups is 2. The van der Waals surface area contributed by atoms with Crippen LogP contribution in [0.4, 0.5) is 16.2 Å². The van der Waals surface area contributed by atoms with E-state index in [9.17, 15) is 19.2 Å². The van der Waals surface area contributed by atoms with E-state index in [0.717, 1.165) is 10.5 Å². The number of hydrogen-bond donors (Lipinski definition) is 2. The lowest BCUT2D eigenvalue weighted by Crippen LogP contribution is -2.54. The minimum absolute atomic E-state index is 0.149. The molecule has 11 heteroatoms. The maximum atomic E-state index is 13.3. The zero-order chi connectivity index (χ0) is 30.3. The summed E-state index contributed by atoms with van der Waals surface area (Å²) in [5.74, 6) is -1.29. The van der Waals surface area contributed by atoms with Gasteiger partial charge in [-0.15, -0.1) is 0 Å². The van der Waals surface area contributed by atoms with E-state index in [1.165, 1.54) is 18.2 Å². The standard InChI is InChI=1S/C32H23Cl2N3O6/c33-22-7-9-23(10-8-22)35-29(38)19-43-28-15-6-21(17-27(28)34)16-26-30(39)36-32(41)37(31(26)40)24-11-13-25(14-12-24)42-18-20-4-2-1-3-5-20/h1-17H,18-19H2,(H,35,38)(H,36,39,41)/b26-16+. The number of rotatable bonds is 9. The van der Waals surface area contributed by atoms with Crippen LogP contribution < -0.4 is 25.0 Å². The number of benzene rings is 4. The molecular weight excluding hydrogens is 593 g/mol. The second kappa shape index (κ2) is 13.2. The summed E-state index contributed by atoms with van der Waals surface area (Å²) in [6, 6.07) is 26.3. The van der Waals surface area contributed by atoms with E-state index < -0.39 is 23.8 Å². The van der Waals surface area contributed by atoms with Crippen molar-refractivity contribution >= 4 is 64.4 Å².